The summed E-state index contributed by atoms with van der Waals surface area (Å²) >= 11 is 0. The van der Waals surface area contributed by atoms with E-state index in [1.807, 2.05) is 18.7 Å². The van der Waals surface area contributed by atoms with Crippen LogP contribution in [0.5, 0.6) is 11.5 Å². The Bertz CT molecular complexity index is 476. The van der Waals surface area contributed by atoms with Crippen molar-refractivity contribution in [3.63, 3.8) is 0 Å². The summed E-state index contributed by atoms with van der Waals surface area (Å²) in [5.74, 6) is 0.959. The highest BCUT2D eigenvalue weighted by Gasteiger charge is 2.36. The fraction of sp³-hybridized carbons (Fsp3) is 0.533. The molecule has 1 fully saturated rings. The third-order valence-corrected chi connectivity index (χ3v) is 3.53. The van der Waals surface area contributed by atoms with E-state index in [4.69, 9.17) is 14.2 Å². The van der Waals surface area contributed by atoms with Crippen molar-refractivity contribution in [1.29, 1.82) is 0 Å². The van der Waals surface area contributed by atoms with E-state index < -0.39 is 0 Å². The summed E-state index contributed by atoms with van der Waals surface area (Å²) in [7, 11) is 3.10. The van der Waals surface area contributed by atoms with Gasteiger partial charge in [-0.05, 0) is 26.0 Å². The van der Waals surface area contributed by atoms with Gasteiger partial charge in [0.1, 0.15) is 17.1 Å². The fourth-order valence-electron chi connectivity index (χ4n) is 2.43. The second-order valence-electron chi connectivity index (χ2n) is 5.36. The Morgan fingerprint density at radius 1 is 1.25 bits per heavy atom. The molecule has 20 heavy (non-hydrogen) atoms. The molecule has 1 amide bonds. The molecule has 0 N–H and O–H groups in total. The van der Waals surface area contributed by atoms with Crippen molar-refractivity contribution >= 4 is 5.91 Å². The highest BCUT2D eigenvalue weighted by atomic mass is 16.5. The molecule has 0 spiro atoms. The number of methoxy groups -OCH3 is 2. The first-order valence-electron chi connectivity index (χ1n) is 6.62. The molecule has 0 saturated carbocycles. The highest BCUT2D eigenvalue weighted by molar-refractivity contribution is 6.00. The van der Waals surface area contributed by atoms with Crippen molar-refractivity contribution in [3.05, 3.63) is 23.8 Å². The number of morpholine rings is 1. The number of carbonyl (C=O) groups is 1. The van der Waals surface area contributed by atoms with Gasteiger partial charge in [-0.3, -0.25) is 4.79 Å². The molecule has 5 nitrogen and oxygen atoms in total. The Kier molecular flexibility index (Phi) is 4.18. The molecule has 0 radical (unpaired) electrons. The van der Waals surface area contributed by atoms with Crippen molar-refractivity contribution in [1.82, 2.24) is 4.90 Å². The Hall–Kier alpha value is -1.75. The molecule has 0 aliphatic carbocycles. The quantitative estimate of drug-likeness (QED) is 0.848. The van der Waals surface area contributed by atoms with E-state index in [0.29, 0.717) is 36.8 Å². The molecule has 0 bridgehead atoms. The second kappa shape index (κ2) is 5.71. The summed E-state index contributed by atoms with van der Waals surface area (Å²) in [6.45, 7) is 5.62. The zero-order valence-electron chi connectivity index (χ0n) is 12.4. The van der Waals surface area contributed by atoms with E-state index in [9.17, 15) is 4.79 Å². The number of rotatable bonds is 3. The minimum Gasteiger partial charge on any atom is -0.496 e. The smallest absolute Gasteiger partial charge is 0.262 e. The third-order valence-electron chi connectivity index (χ3n) is 3.53. The minimum atomic E-state index is -0.346. The molecule has 1 aliphatic rings. The topological polar surface area (TPSA) is 48.0 Å². The lowest BCUT2D eigenvalue weighted by Gasteiger charge is -2.42. The van der Waals surface area contributed by atoms with Crippen LogP contribution in [-0.2, 0) is 4.74 Å². The molecule has 2 rings (SSSR count). The van der Waals surface area contributed by atoms with Crippen molar-refractivity contribution in [2.75, 3.05) is 34.0 Å². The standard InChI is InChI=1S/C15H21NO4/c1-15(2)10-20-9-8-16(15)14(17)13-11(18-3)6-5-7-12(13)19-4/h5-7H,8-10H2,1-4H3. The van der Waals surface area contributed by atoms with E-state index in [0.717, 1.165) is 0 Å². The van der Waals surface area contributed by atoms with Crippen LogP contribution in [-0.4, -0.2) is 50.3 Å². The number of hydrogen-bond acceptors (Lipinski definition) is 4. The molecule has 1 saturated heterocycles. The summed E-state index contributed by atoms with van der Waals surface area (Å²) < 4.78 is 16.1. The highest BCUT2D eigenvalue weighted by Crippen LogP contribution is 2.32. The Morgan fingerprint density at radius 3 is 2.35 bits per heavy atom. The van der Waals surface area contributed by atoms with Gasteiger partial charge in [-0.2, -0.15) is 0 Å². The predicted octanol–water partition coefficient (Wildman–Crippen LogP) is 1.95. The van der Waals surface area contributed by atoms with Crippen LogP contribution in [0.1, 0.15) is 24.2 Å². The van der Waals surface area contributed by atoms with Gasteiger partial charge in [-0.25, -0.2) is 0 Å². The van der Waals surface area contributed by atoms with Gasteiger partial charge in [0.05, 0.1) is 33.0 Å². The first-order chi connectivity index (χ1) is 9.51. The number of nitrogens with zero attached hydrogens (tertiary/aromatic N) is 1. The largest absolute Gasteiger partial charge is 0.496 e. The maximum atomic E-state index is 12.9. The normalized spacial score (nSPS) is 17.7. The number of carbonyl (C=O) groups excluding carboxylic acids is 1. The van der Waals surface area contributed by atoms with Gasteiger partial charge in [0, 0.05) is 6.54 Å². The summed E-state index contributed by atoms with van der Waals surface area (Å²) in [6.07, 6.45) is 0. The number of ether oxygens (including phenoxy) is 3. The molecule has 1 heterocycles. The molecular formula is C15H21NO4. The lowest BCUT2D eigenvalue weighted by Crippen LogP contribution is -2.55. The van der Waals surface area contributed by atoms with Crippen LogP contribution in [0.15, 0.2) is 18.2 Å². The van der Waals surface area contributed by atoms with Gasteiger partial charge < -0.3 is 19.1 Å². The Labute approximate surface area is 119 Å². The van der Waals surface area contributed by atoms with Gasteiger partial charge in [-0.1, -0.05) is 6.07 Å². The number of benzene rings is 1. The average Bonchev–Trinajstić information content (AvgIpc) is 2.45. The molecule has 0 unspecified atom stereocenters. The van der Waals surface area contributed by atoms with Crippen LogP contribution in [0, 0.1) is 0 Å². The molecule has 1 aromatic rings. The minimum absolute atomic E-state index is 0.0902. The lowest BCUT2D eigenvalue weighted by atomic mass is 10.00. The van der Waals surface area contributed by atoms with Crippen molar-refractivity contribution in [3.8, 4) is 11.5 Å². The zero-order chi connectivity index (χ0) is 14.8. The van der Waals surface area contributed by atoms with Crippen molar-refractivity contribution < 1.29 is 19.0 Å². The van der Waals surface area contributed by atoms with E-state index in [2.05, 4.69) is 0 Å². The fourth-order valence-corrected chi connectivity index (χ4v) is 2.43. The second-order valence-corrected chi connectivity index (χ2v) is 5.36. The van der Waals surface area contributed by atoms with Crippen LogP contribution < -0.4 is 9.47 Å². The van der Waals surface area contributed by atoms with E-state index in [1.54, 1.807) is 32.4 Å². The van der Waals surface area contributed by atoms with E-state index in [-0.39, 0.29) is 11.4 Å². The lowest BCUT2D eigenvalue weighted by molar-refractivity contribution is -0.0372. The van der Waals surface area contributed by atoms with Gasteiger partial charge in [-0.15, -0.1) is 0 Å². The molecule has 5 heteroatoms. The van der Waals surface area contributed by atoms with Gasteiger partial charge in [0.25, 0.3) is 5.91 Å². The Morgan fingerprint density at radius 2 is 1.85 bits per heavy atom. The van der Waals surface area contributed by atoms with Gasteiger partial charge in [0.2, 0.25) is 0 Å². The molecule has 0 aromatic heterocycles. The summed E-state index contributed by atoms with van der Waals surface area (Å²) in [4.78, 5) is 14.7. The van der Waals surface area contributed by atoms with Gasteiger partial charge in [0.15, 0.2) is 0 Å². The molecule has 1 aliphatic heterocycles. The first-order valence-corrected chi connectivity index (χ1v) is 6.62. The summed E-state index contributed by atoms with van der Waals surface area (Å²) in [5, 5.41) is 0. The summed E-state index contributed by atoms with van der Waals surface area (Å²) in [5.41, 5.74) is 0.119. The maximum absolute atomic E-state index is 12.9. The monoisotopic (exact) mass is 279 g/mol. The van der Waals surface area contributed by atoms with Crippen LogP contribution in [0.2, 0.25) is 0 Å². The van der Waals surface area contributed by atoms with Crippen molar-refractivity contribution in [2.24, 2.45) is 0 Å². The molecule has 1 aromatic carbocycles. The zero-order valence-corrected chi connectivity index (χ0v) is 12.4. The summed E-state index contributed by atoms with van der Waals surface area (Å²) in [6, 6.07) is 5.34. The van der Waals surface area contributed by atoms with Crippen LogP contribution in [0.3, 0.4) is 0 Å². The van der Waals surface area contributed by atoms with E-state index in [1.165, 1.54) is 0 Å². The SMILES string of the molecule is COc1cccc(OC)c1C(=O)N1CCOCC1(C)C. The van der Waals surface area contributed by atoms with Crippen molar-refractivity contribution in [2.45, 2.75) is 19.4 Å². The van der Waals surface area contributed by atoms with Crippen LogP contribution in [0.25, 0.3) is 0 Å². The molecular weight excluding hydrogens is 258 g/mol. The average molecular weight is 279 g/mol. The molecule has 0 atom stereocenters. The maximum Gasteiger partial charge on any atom is 0.262 e. The van der Waals surface area contributed by atoms with Crippen LogP contribution in [0.4, 0.5) is 0 Å². The first kappa shape index (κ1) is 14.7. The van der Waals surface area contributed by atoms with E-state index >= 15 is 0 Å². The molecule has 110 valence electrons. The van der Waals surface area contributed by atoms with Crippen LogP contribution >= 0.6 is 0 Å². The van der Waals surface area contributed by atoms with Gasteiger partial charge >= 0.3 is 0 Å². The third kappa shape index (κ3) is 2.58. The number of hydrogen-bond donors (Lipinski definition) is 0. The predicted molar refractivity (Wildman–Crippen MR) is 75.5 cm³/mol. The number of amides is 1. The Balaban J connectivity index is 2.42.